The van der Waals surface area contributed by atoms with E-state index in [9.17, 15) is 14.4 Å². The maximum atomic E-state index is 13.2. The highest BCUT2D eigenvalue weighted by Crippen LogP contribution is 2.15. The summed E-state index contributed by atoms with van der Waals surface area (Å²) in [4.78, 5) is 39.0. The van der Waals surface area contributed by atoms with Gasteiger partial charge in [-0.2, -0.15) is 0 Å². The van der Waals surface area contributed by atoms with Crippen LogP contribution in [0, 0.1) is 13.8 Å². The van der Waals surface area contributed by atoms with Crippen LogP contribution in [0.5, 0.6) is 0 Å². The average molecular weight is 399 g/mol. The van der Waals surface area contributed by atoms with E-state index >= 15 is 0 Å². The molecule has 6 nitrogen and oxygen atoms in total. The number of nitrogens with one attached hydrogen (secondary N) is 1. The predicted molar refractivity (Wildman–Crippen MR) is 118 cm³/mol. The molecule has 0 aliphatic rings. The number of fused-ring (bicyclic) bond motifs is 1. The number of carbonyl (C=O) groups excluding carboxylic acids is 1. The van der Waals surface area contributed by atoms with Crippen LogP contribution < -0.4 is 16.6 Å². The fraction of sp³-hybridized carbons (Fsp3) is 0.125. The molecule has 1 N–H and O–H groups in total. The summed E-state index contributed by atoms with van der Waals surface area (Å²) in [5.74, 6) is -0.344. The molecule has 0 bridgehead atoms. The van der Waals surface area contributed by atoms with Gasteiger partial charge in [0.15, 0.2) is 0 Å². The van der Waals surface area contributed by atoms with E-state index in [0.29, 0.717) is 22.3 Å². The number of benzene rings is 3. The number of aromatic nitrogens is 2. The maximum Gasteiger partial charge on any atom is 0.336 e. The molecule has 0 saturated heterocycles. The number of aryl methyl sites for hydroxylation is 2. The topological polar surface area (TPSA) is 73.1 Å². The van der Waals surface area contributed by atoms with Crippen molar-refractivity contribution in [3.05, 3.63) is 105 Å². The molecule has 0 aliphatic heterocycles. The summed E-state index contributed by atoms with van der Waals surface area (Å²) in [6.07, 6.45) is 0. The molecule has 3 aromatic carbocycles. The predicted octanol–water partition coefficient (Wildman–Crippen LogP) is 3.41. The Morgan fingerprint density at radius 3 is 2.30 bits per heavy atom. The molecule has 0 spiro atoms. The van der Waals surface area contributed by atoms with Gasteiger partial charge < -0.3 is 5.32 Å². The van der Waals surface area contributed by atoms with E-state index in [0.717, 1.165) is 15.7 Å². The molecule has 0 fully saturated rings. The van der Waals surface area contributed by atoms with Crippen molar-refractivity contribution in [3.8, 4) is 5.69 Å². The standard InChI is InChI=1S/C24H21N3O3/c1-16-12-13-18(14-17(16)2)25-22(28)15-26-21-11-7-6-10-20(21)23(29)27(24(26)30)19-8-4-3-5-9-19/h3-14H,15H2,1-2H3,(H,25,28). The van der Waals surface area contributed by atoms with Crippen molar-refractivity contribution in [2.45, 2.75) is 20.4 Å². The van der Waals surface area contributed by atoms with Crippen LogP contribution in [-0.2, 0) is 11.3 Å². The summed E-state index contributed by atoms with van der Waals surface area (Å²) < 4.78 is 2.44. The lowest BCUT2D eigenvalue weighted by Crippen LogP contribution is -2.40. The van der Waals surface area contributed by atoms with Crippen LogP contribution in [-0.4, -0.2) is 15.0 Å². The Kier molecular flexibility index (Phi) is 5.06. The Morgan fingerprint density at radius 1 is 0.867 bits per heavy atom. The summed E-state index contributed by atoms with van der Waals surface area (Å²) in [5.41, 5.74) is 2.78. The van der Waals surface area contributed by atoms with Crippen LogP contribution in [0.1, 0.15) is 11.1 Å². The van der Waals surface area contributed by atoms with Gasteiger partial charge in [-0.3, -0.25) is 14.2 Å². The molecule has 0 aliphatic carbocycles. The summed E-state index contributed by atoms with van der Waals surface area (Å²) in [7, 11) is 0. The smallest absolute Gasteiger partial charge is 0.325 e. The molecule has 1 aromatic heterocycles. The largest absolute Gasteiger partial charge is 0.336 e. The second-order valence-electron chi connectivity index (χ2n) is 7.21. The van der Waals surface area contributed by atoms with Crippen LogP contribution in [0.4, 0.5) is 5.69 Å². The molecule has 4 aromatic rings. The molecule has 6 heteroatoms. The zero-order valence-electron chi connectivity index (χ0n) is 16.8. The molecule has 1 amide bonds. The number of anilines is 1. The molecule has 30 heavy (non-hydrogen) atoms. The fourth-order valence-electron chi connectivity index (χ4n) is 3.44. The van der Waals surface area contributed by atoms with Crippen molar-refractivity contribution in [2.75, 3.05) is 5.32 Å². The van der Waals surface area contributed by atoms with Gasteiger partial charge in [0.05, 0.1) is 16.6 Å². The van der Waals surface area contributed by atoms with Gasteiger partial charge in [-0.25, -0.2) is 9.36 Å². The first-order valence-corrected chi connectivity index (χ1v) is 9.63. The third kappa shape index (κ3) is 3.55. The van der Waals surface area contributed by atoms with Crippen molar-refractivity contribution in [1.82, 2.24) is 9.13 Å². The van der Waals surface area contributed by atoms with E-state index in [1.165, 1.54) is 4.57 Å². The van der Waals surface area contributed by atoms with Gasteiger partial charge in [0, 0.05) is 5.69 Å². The van der Waals surface area contributed by atoms with Gasteiger partial charge in [0.1, 0.15) is 6.54 Å². The zero-order chi connectivity index (χ0) is 21.3. The van der Waals surface area contributed by atoms with E-state index in [4.69, 9.17) is 0 Å². The number of rotatable bonds is 4. The number of amides is 1. The Bertz CT molecular complexity index is 1370. The van der Waals surface area contributed by atoms with Crippen molar-refractivity contribution >= 4 is 22.5 Å². The first-order valence-electron chi connectivity index (χ1n) is 9.63. The molecule has 150 valence electrons. The molecule has 0 atom stereocenters. The number of hydrogen-bond acceptors (Lipinski definition) is 3. The van der Waals surface area contributed by atoms with Gasteiger partial charge in [0.25, 0.3) is 5.56 Å². The van der Waals surface area contributed by atoms with Gasteiger partial charge in [-0.05, 0) is 61.4 Å². The van der Waals surface area contributed by atoms with E-state index in [-0.39, 0.29) is 12.5 Å². The fourth-order valence-corrected chi connectivity index (χ4v) is 3.44. The van der Waals surface area contributed by atoms with Gasteiger partial charge in [-0.15, -0.1) is 0 Å². The van der Waals surface area contributed by atoms with Crippen LogP contribution in [0.25, 0.3) is 16.6 Å². The molecule has 0 radical (unpaired) electrons. The second kappa shape index (κ2) is 7.83. The Balaban J connectivity index is 1.80. The van der Waals surface area contributed by atoms with E-state index in [1.807, 2.05) is 38.1 Å². The number of carbonyl (C=O) groups is 1. The Labute approximate surface area is 173 Å². The number of nitrogens with zero attached hydrogens (tertiary/aromatic N) is 2. The van der Waals surface area contributed by atoms with Crippen LogP contribution in [0.2, 0.25) is 0 Å². The van der Waals surface area contributed by atoms with Gasteiger partial charge >= 0.3 is 5.69 Å². The number of hydrogen-bond donors (Lipinski definition) is 1. The average Bonchev–Trinajstić information content (AvgIpc) is 2.75. The van der Waals surface area contributed by atoms with Gasteiger partial charge in [0.2, 0.25) is 5.91 Å². The van der Waals surface area contributed by atoms with Crippen molar-refractivity contribution in [1.29, 1.82) is 0 Å². The third-order valence-corrected chi connectivity index (χ3v) is 5.16. The maximum absolute atomic E-state index is 13.2. The normalized spacial score (nSPS) is 10.9. The summed E-state index contributed by atoms with van der Waals surface area (Å²) in [5, 5.41) is 3.21. The first-order chi connectivity index (χ1) is 14.5. The Morgan fingerprint density at radius 2 is 1.57 bits per heavy atom. The van der Waals surface area contributed by atoms with Crippen LogP contribution >= 0.6 is 0 Å². The first kappa shape index (κ1) is 19.4. The highest BCUT2D eigenvalue weighted by molar-refractivity contribution is 5.91. The molecule has 0 unspecified atom stereocenters. The molecular formula is C24H21N3O3. The summed E-state index contributed by atoms with van der Waals surface area (Å²) in [6.45, 7) is 3.76. The third-order valence-electron chi connectivity index (χ3n) is 5.16. The molecule has 4 rings (SSSR count). The zero-order valence-corrected chi connectivity index (χ0v) is 16.8. The highest BCUT2D eigenvalue weighted by atomic mass is 16.2. The lowest BCUT2D eigenvalue weighted by atomic mass is 10.1. The monoisotopic (exact) mass is 399 g/mol. The van der Waals surface area contributed by atoms with E-state index in [2.05, 4.69) is 5.32 Å². The second-order valence-corrected chi connectivity index (χ2v) is 7.21. The summed E-state index contributed by atoms with van der Waals surface area (Å²) >= 11 is 0. The van der Waals surface area contributed by atoms with Crippen molar-refractivity contribution < 1.29 is 4.79 Å². The quantitative estimate of drug-likeness (QED) is 0.572. The van der Waals surface area contributed by atoms with Gasteiger partial charge in [-0.1, -0.05) is 36.4 Å². The minimum Gasteiger partial charge on any atom is -0.325 e. The van der Waals surface area contributed by atoms with Crippen LogP contribution in [0.3, 0.4) is 0 Å². The molecular weight excluding hydrogens is 378 g/mol. The van der Waals surface area contributed by atoms with Crippen molar-refractivity contribution in [2.24, 2.45) is 0 Å². The lowest BCUT2D eigenvalue weighted by Gasteiger charge is -2.14. The van der Waals surface area contributed by atoms with E-state index < -0.39 is 11.2 Å². The lowest BCUT2D eigenvalue weighted by molar-refractivity contribution is -0.116. The minimum absolute atomic E-state index is 0.209. The summed E-state index contributed by atoms with van der Waals surface area (Å²) in [6, 6.07) is 21.2. The number of para-hydroxylation sites is 2. The van der Waals surface area contributed by atoms with Crippen LogP contribution in [0.15, 0.2) is 82.4 Å². The van der Waals surface area contributed by atoms with E-state index in [1.54, 1.807) is 48.5 Å². The highest BCUT2D eigenvalue weighted by Gasteiger charge is 2.16. The Hall–Kier alpha value is -3.93. The molecule has 1 heterocycles. The van der Waals surface area contributed by atoms with Crippen molar-refractivity contribution in [3.63, 3.8) is 0 Å². The minimum atomic E-state index is -0.555. The molecule has 0 saturated carbocycles. The SMILES string of the molecule is Cc1ccc(NC(=O)Cn2c(=O)n(-c3ccccc3)c(=O)c3ccccc32)cc1C.